The molecular weight excluding hydrogens is 239 g/mol. The van der Waals surface area contributed by atoms with E-state index in [9.17, 15) is 4.39 Å². The average molecular weight is 248 g/mol. The van der Waals surface area contributed by atoms with Crippen molar-refractivity contribution in [2.45, 2.75) is 11.6 Å². The minimum atomic E-state index is -0.336. The normalized spacial score (nSPS) is 10.1. The number of hydrogen-bond acceptors (Lipinski definition) is 4. The summed E-state index contributed by atoms with van der Waals surface area (Å²) in [5.74, 6) is 0.699. The van der Waals surface area contributed by atoms with Crippen molar-refractivity contribution in [3.8, 4) is 17.5 Å². The number of rotatable bonds is 4. The highest BCUT2D eigenvalue weighted by Gasteiger charge is 2.09. The van der Waals surface area contributed by atoms with E-state index in [1.54, 1.807) is 18.2 Å². The third-order valence-corrected chi connectivity index (χ3v) is 2.89. The Labute approximate surface area is 102 Å². The van der Waals surface area contributed by atoms with Crippen molar-refractivity contribution in [3.63, 3.8) is 0 Å². The first-order valence-electron chi connectivity index (χ1n) is 4.98. The van der Waals surface area contributed by atoms with E-state index in [1.807, 2.05) is 6.07 Å². The molecule has 2 aromatic rings. The van der Waals surface area contributed by atoms with Crippen LogP contribution in [-0.4, -0.2) is 20.9 Å². The molecule has 0 unspecified atom stereocenters. The van der Waals surface area contributed by atoms with Gasteiger partial charge in [-0.1, -0.05) is 23.9 Å². The summed E-state index contributed by atoms with van der Waals surface area (Å²) in [5.41, 5.74) is 0.395. The molecule has 1 aromatic carbocycles. The maximum Gasteiger partial charge on any atom is 0.208 e. The number of thioether (sulfide) groups is 1. The monoisotopic (exact) mass is 248 g/mol. The van der Waals surface area contributed by atoms with Gasteiger partial charge in [-0.25, -0.2) is 9.37 Å². The zero-order chi connectivity index (χ0) is 12.1. The van der Waals surface area contributed by atoms with Crippen molar-refractivity contribution in [1.29, 1.82) is 5.26 Å². The highest BCUT2D eigenvalue weighted by atomic mass is 32.2. The molecule has 0 aliphatic rings. The molecule has 0 radical (unpaired) electrons. The average Bonchev–Trinajstić information content (AvgIpc) is 2.79. The highest BCUT2D eigenvalue weighted by Crippen LogP contribution is 2.21. The summed E-state index contributed by atoms with van der Waals surface area (Å²) >= 11 is 1.37. The third kappa shape index (κ3) is 2.82. The van der Waals surface area contributed by atoms with Gasteiger partial charge in [0.15, 0.2) is 5.82 Å². The first-order valence-corrected chi connectivity index (χ1v) is 5.97. The molecule has 6 heteroatoms. The second-order valence-electron chi connectivity index (χ2n) is 3.20. The number of nitriles is 1. The molecule has 0 atom stereocenters. The Balaban J connectivity index is 2.14. The Morgan fingerprint density at radius 1 is 1.41 bits per heavy atom. The first-order chi connectivity index (χ1) is 8.31. The van der Waals surface area contributed by atoms with Gasteiger partial charge in [0.05, 0.1) is 11.6 Å². The predicted octanol–water partition coefficient (Wildman–Crippen LogP) is 2.62. The van der Waals surface area contributed by atoms with Crippen LogP contribution in [0.1, 0.15) is 6.42 Å². The van der Waals surface area contributed by atoms with Gasteiger partial charge in [-0.3, -0.25) is 5.10 Å². The topological polar surface area (TPSA) is 65.4 Å². The quantitative estimate of drug-likeness (QED) is 0.667. The molecule has 0 aliphatic carbocycles. The molecule has 0 spiro atoms. The molecule has 1 aromatic heterocycles. The molecule has 1 heterocycles. The second kappa shape index (κ2) is 5.46. The highest BCUT2D eigenvalue weighted by molar-refractivity contribution is 7.99. The van der Waals surface area contributed by atoms with Crippen LogP contribution in [0.3, 0.4) is 0 Å². The summed E-state index contributed by atoms with van der Waals surface area (Å²) in [6.45, 7) is 0. The Morgan fingerprint density at radius 2 is 2.24 bits per heavy atom. The number of aromatic nitrogens is 3. The Morgan fingerprint density at radius 3 is 3.00 bits per heavy atom. The zero-order valence-corrected chi connectivity index (χ0v) is 9.67. The van der Waals surface area contributed by atoms with Crippen molar-refractivity contribution in [2.24, 2.45) is 0 Å². The Kier molecular flexibility index (Phi) is 3.73. The van der Waals surface area contributed by atoms with Crippen LogP contribution in [0.2, 0.25) is 0 Å². The van der Waals surface area contributed by atoms with Gasteiger partial charge in [-0.05, 0) is 12.1 Å². The van der Waals surface area contributed by atoms with Crippen molar-refractivity contribution in [1.82, 2.24) is 15.2 Å². The van der Waals surface area contributed by atoms with E-state index in [-0.39, 0.29) is 5.82 Å². The minimum absolute atomic E-state index is 0.336. The van der Waals surface area contributed by atoms with Crippen molar-refractivity contribution >= 4 is 11.8 Å². The minimum Gasteiger partial charge on any atom is -0.258 e. The van der Waals surface area contributed by atoms with Gasteiger partial charge in [0.1, 0.15) is 5.82 Å². The lowest BCUT2D eigenvalue weighted by molar-refractivity contribution is 0.630. The fourth-order valence-electron chi connectivity index (χ4n) is 1.27. The molecule has 0 saturated carbocycles. The van der Waals surface area contributed by atoms with E-state index in [4.69, 9.17) is 5.26 Å². The van der Waals surface area contributed by atoms with E-state index < -0.39 is 0 Å². The summed E-state index contributed by atoms with van der Waals surface area (Å²) in [6.07, 6.45) is 0.439. The molecule has 17 heavy (non-hydrogen) atoms. The van der Waals surface area contributed by atoms with Crippen LogP contribution in [0.5, 0.6) is 0 Å². The van der Waals surface area contributed by atoms with E-state index >= 15 is 0 Å². The number of H-pyrrole nitrogens is 1. The van der Waals surface area contributed by atoms with Crippen molar-refractivity contribution in [2.75, 3.05) is 5.75 Å². The number of benzene rings is 1. The first kappa shape index (κ1) is 11.6. The van der Waals surface area contributed by atoms with Gasteiger partial charge in [0.25, 0.3) is 0 Å². The largest absolute Gasteiger partial charge is 0.258 e. The van der Waals surface area contributed by atoms with Gasteiger partial charge in [0.2, 0.25) is 5.16 Å². The molecule has 0 amide bonds. The van der Waals surface area contributed by atoms with E-state index in [0.29, 0.717) is 28.7 Å². The lowest BCUT2D eigenvalue weighted by Crippen LogP contribution is -1.85. The SMILES string of the molecule is N#CCCSc1n[nH]c(-c2ccccc2F)n1. The molecule has 0 bridgehead atoms. The van der Waals surface area contributed by atoms with Crippen LogP contribution in [0.25, 0.3) is 11.4 Å². The van der Waals surface area contributed by atoms with Crippen LogP contribution in [-0.2, 0) is 0 Å². The fourth-order valence-corrected chi connectivity index (χ4v) is 1.91. The smallest absolute Gasteiger partial charge is 0.208 e. The summed E-state index contributed by atoms with van der Waals surface area (Å²) < 4.78 is 13.5. The number of hydrogen-bond donors (Lipinski definition) is 1. The summed E-state index contributed by atoms with van der Waals surface area (Å²) in [7, 11) is 0. The van der Waals surface area contributed by atoms with Crippen LogP contribution >= 0.6 is 11.8 Å². The van der Waals surface area contributed by atoms with E-state index in [2.05, 4.69) is 15.2 Å². The van der Waals surface area contributed by atoms with Crippen LogP contribution in [0.15, 0.2) is 29.4 Å². The predicted molar refractivity (Wildman–Crippen MR) is 62.7 cm³/mol. The summed E-state index contributed by atoms with van der Waals surface area (Å²) in [6, 6.07) is 8.42. The van der Waals surface area contributed by atoms with Gasteiger partial charge in [-0.15, -0.1) is 5.10 Å². The Hall–Kier alpha value is -1.87. The van der Waals surface area contributed by atoms with Crippen LogP contribution < -0.4 is 0 Å². The number of aromatic amines is 1. The van der Waals surface area contributed by atoms with Gasteiger partial charge >= 0.3 is 0 Å². The van der Waals surface area contributed by atoms with Crippen LogP contribution in [0, 0.1) is 17.1 Å². The number of halogens is 1. The molecule has 86 valence electrons. The number of nitrogens with one attached hydrogen (secondary N) is 1. The molecular formula is C11H9FN4S. The van der Waals surface area contributed by atoms with Gasteiger partial charge in [-0.2, -0.15) is 5.26 Å². The van der Waals surface area contributed by atoms with E-state index in [0.717, 1.165) is 0 Å². The zero-order valence-electron chi connectivity index (χ0n) is 8.85. The summed E-state index contributed by atoms with van der Waals surface area (Å²) in [4.78, 5) is 4.16. The Bertz CT molecular complexity index is 546. The maximum atomic E-state index is 13.5. The standard InChI is InChI=1S/C11H9FN4S/c12-9-5-2-1-4-8(9)10-14-11(16-15-10)17-7-3-6-13/h1-2,4-5H,3,7H2,(H,14,15,16). The maximum absolute atomic E-state index is 13.5. The van der Waals surface area contributed by atoms with Crippen molar-refractivity contribution in [3.05, 3.63) is 30.1 Å². The lowest BCUT2D eigenvalue weighted by atomic mass is 10.2. The van der Waals surface area contributed by atoms with Crippen LogP contribution in [0.4, 0.5) is 4.39 Å². The molecule has 0 aliphatic heterocycles. The summed E-state index contributed by atoms with van der Waals surface area (Å²) in [5, 5.41) is 15.6. The van der Waals surface area contributed by atoms with Gasteiger partial charge < -0.3 is 0 Å². The fraction of sp³-hybridized carbons (Fsp3) is 0.182. The van der Waals surface area contributed by atoms with Crippen molar-refractivity contribution < 1.29 is 4.39 Å². The molecule has 0 fully saturated rings. The number of nitrogens with zero attached hydrogens (tertiary/aromatic N) is 3. The van der Waals surface area contributed by atoms with Gasteiger partial charge in [0, 0.05) is 12.2 Å². The lowest BCUT2D eigenvalue weighted by Gasteiger charge is -1.96. The molecule has 1 N–H and O–H groups in total. The second-order valence-corrected chi connectivity index (χ2v) is 4.27. The molecule has 0 saturated heterocycles. The third-order valence-electron chi connectivity index (χ3n) is 2.04. The molecule has 4 nitrogen and oxygen atoms in total. The molecule has 2 rings (SSSR count). The van der Waals surface area contributed by atoms with E-state index in [1.165, 1.54) is 17.8 Å².